The standard InChI is InChI=1S/C12H17N3O3S/c1-6-4-15(5-9(6)10(16)17)12(18)14-11-13-7(2)8(3)19-11/h6,9H,4-5H2,1-3H3,(H,16,17)(H,13,14,18)/t6-,9-/m1/s1. The van der Waals surface area contributed by atoms with Gasteiger partial charge in [0.2, 0.25) is 0 Å². The van der Waals surface area contributed by atoms with Gasteiger partial charge in [-0.2, -0.15) is 0 Å². The van der Waals surface area contributed by atoms with E-state index in [1.54, 1.807) is 0 Å². The van der Waals surface area contributed by atoms with Gasteiger partial charge in [0.1, 0.15) is 0 Å². The fourth-order valence-electron chi connectivity index (χ4n) is 2.15. The maximum Gasteiger partial charge on any atom is 0.323 e. The van der Waals surface area contributed by atoms with Crippen LogP contribution in [-0.4, -0.2) is 40.1 Å². The Bertz CT molecular complexity index is 495. The summed E-state index contributed by atoms with van der Waals surface area (Å²) in [6.45, 7) is 6.41. The summed E-state index contributed by atoms with van der Waals surface area (Å²) in [5, 5.41) is 12.3. The first-order valence-electron chi connectivity index (χ1n) is 6.11. The lowest BCUT2D eigenvalue weighted by Crippen LogP contribution is -2.33. The largest absolute Gasteiger partial charge is 0.481 e. The lowest BCUT2D eigenvalue weighted by Gasteiger charge is -2.15. The van der Waals surface area contributed by atoms with E-state index in [-0.39, 0.29) is 18.5 Å². The highest BCUT2D eigenvalue weighted by atomic mass is 32.1. The van der Waals surface area contributed by atoms with Crippen molar-refractivity contribution in [2.24, 2.45) is 11.8 Å². The van der Waals surface area contributed by atoms with Crippen LogP contribution in [0.5, 0.6) is 0 Å². The van der Waals surface area contributed by atoms with Crippen LogP contribution in [-0.2, 0) is 4.79 Å². The Morgan fingerprint density at radius 3 is 2.58 bits per heavy atom. The molecule has 0 unspecified atom stereocenters. The van der Waals surface area contributed by atoms with Crippen molar-refractivity contribution >= 4 is 28.5 Å². The number of thiazole rings is 1. The van der Waals surface area contributed by atoms with E-state index in [4.69, 9.17) is 5.11 Å². The molecule has 0 aliphatic carbocycles. The van der Waals surface area contributed by atoms with Crippen molar-refractivity contribution in [2.75, 3.05) is 18.4 Å². The summed E-state index contributed by atoms with van der Waals surface area (Å²) < 4.78 is 0. The minimum atomic E-state index is -0.844. The molecule has 2 amide bonds. The third-order valence-corrected chi connectivity index (χ3v) is 4.45. The molecule has 0 saturated carbocycles. The zero-order valence-corrected chi connectivity index (χ0v) is 12.0. The highest BCUT2D eigenvalue weighted by Gasteiger charge is 2.37. The van der Waals surface area contributed by atoms with E-state index >= 15 is 0 Å². The van der Waals surface area contributed by atoms with Crippen LogP contribution in [0.4, 0.5) is 9.93 Å². The van der Waals surface area contributed by atoms with Crippen LogP contribution in [0.2, 0.25) is 0 Å². The first-order valence-corrected chi connectivity index (χ1v) is 6.93. The Kier molecular flexibility index (Phi) is 3.75. The number of nitrogens with zero attached hydrogens (tertiary/aromatic N) is 2. The molecule has 0 bridgehead atoms. The summed E-state index contributed by atoms with van der Waals surface area (Å²) in [4.78, 5) is 29.9. The van der Waals surface area contributed by atoms with E-state index in [1.807, 2.05) is 20.8 Å². The first kappa shape index (κ1) is 13.8. The van der Waals surface area contributed by atoms with Gasteiger partial charge in [0.05, 0.1) is 11.6 Å². The van der Waals surface area contributed by atoms with E-state index in [0.29, 0.717) is 11.7 Å². The van der Waals surface area contributed by atoms with Crippen molar-refractivity contribution in [3.63, 3.8) is 0 Å². The van der Waals surface area contributed by atoms with Crippen LogP contribution in [0, 0.1) is 25.7 Å². The molecule has 0 spiro atoms. The van der Waals surface area contributed by atoms with Crippen LogP contribution in [0.1, 0.15) is 17.5 Å². The molecule has 1 aromatic rings. The number of likely N-dealkylation sites (tertiary alicyclic amines) is 1. The average Bonchev–Trinajstić information content (AvgIpc) is 2.83. The van der Waals surface area contributed by atoms with Gasteiger partial charge in [-0.15, -0.1) is 11.3 Å². The molecular weight excluding hydrogens is 266 g/mol. The molecule has 19 heavy (non-hydrogen) atoms. The van der Waals surface area contributed by atoms with Gasteiger partial charge < -0.3 is 10.0 Å². The van der Waals surface area contributed by atoms with Crippen LogP contribution in [0.15, 0.2) is 0 Å². The molecule has 0 aromatic carbocycles. The first-order chi connectivity index (χ1) is 8.88. The molecule has 1 aromatic heterocycles. The number of carbonyl (C=O) groups excluding carboxylic acids is 1. The molecule has 7 heteroatoms. The van der Waals surface area contributed by atoms with Crippen molar-refractivity contribution in [3.8, 4) is 0 Å². The van der Waals surface area contributed by atoms with Gasteiger partial charge in [0, 0.05) is 18.0 Å². The average molecular weight is 283 g/mol. The number of nitrogens with one attached hydrogen (secondary N) is 1. The number of anilines is 1. The second-order valence-electron chi connectivity index (χ2n) is 4.92. The highest BCUT2D eigenvalue weighted by Crippen LogP contribution is 2.25. The number of aromatic nitrogens is 1. The predicted molar refractivity (Wildman–Crippen MR) is 72.5 cm³/mol. The minimum Gasteiger partial charge on any atom is -0.481 e. The second kappa shape index (κ2) is 5.16. The second-order valence-corrected chi connectivity index (χ2v) is 6.12. The normalized spacial score (nSPS) is 22.6. The number of aliphatic carboxylic acids is 1. The van der Waals surface area contributed by atoms with Crippen LogP contribution >= 0.6 is 11.3 Å². The topological polar surface area (TPSA) is 82.5 Å². The zero-order chi connectivity index (χ0) is 14.2. The van der Waals surface area contributed by atoms with Gasteiger partial charge in [-0.25, -0.2) is 9.78 Å². The number of rotatable bonds is 2. The van der Waals surface area contributed by atoms with Gasteiger partial charge in [-0.05, 0) is 19.8 Å². The van der Waals surface area contributed by atoms with Crippen molar-refractivity contribution in [1.82, 2.24) is 9.88 Å². The van der Waals surface area contributed by atoms with Crippen molar-refractivity contribution in [1.29, 1.82) is 0 Å². The third-order valence-electron chi connectivity index (χ3n) is 3.46. The Hall–Kier alpha value is -1.63. The number of hydrogen-bond donors (Lipinski definition) is 2. The summed E-state index contributed by atoms with van der Waals surface area (Å²) >= 11 is 1.42. The van der Waals surface area contributed by atoms with Crippen molar-refractivity contribution in [3.05, 3.63) is 10.6 Å². The Balaban J connectivity index is 2.00. The molecule has 1 aliphatic heterocycles. The molecule has 2 heterocycles. The quantitative estimate of drug-likeness (QED) is 0.869. The fraction of sp³-hybridized carbons (Fsp3) is 0.583. The van der Waals surface area contributed by atoms with Gasteiger partial charge in [-0.1, -0.05) is 6.92 Å². The Labute approximate surface area is 115 Å². The highest BCUT2D eigenvalue weighted by molar-refractivity contribution is 7.15. The lowest BCUT2D eigenvalue weighted by atomic mass is 9.99. The van der Waals surface area contributed by atoms with E-state index in [2.05, 4.69) is 10.3 Å². The van der Waals surface area contributed by atoms with Gasteiger partial charge in [0.25, 0.3) is 0 Å². The van der Waals surface area contributed by atoms with Crippen LogP contribution in [0.25, 0.3) is 0 Å². The number of amides is 2. The molecule has 104 valence electrons. The minimum absolute atomic E-state index is 0.0250. The Morgan fingerprint density at radius 2 is 2.11 bits per heavy atom. The van der Waals surface area contributed by atoms with E-state index in [9.17, 15) is 9.59 Å². The SMILES string of the molecule is Cc1nc(NC(=O)N2C[C@@H](C)[C@H](C(=O)O)C2)sc1C. The summed E-state index contributed by atoms with van der Waals surface area (Å²) in [5.74, 6) is -1.35. The molecule has 1 fully saturated rings. The molecule has 0 radical (unpaired) electrons. The predicted octanol–water partition coefficient (Wildman–Crippen LogP) is 1.94. The van der Waals surface area contributed by atoms with Gasteiger partial charge in [-0.3, -0.25) is 10.1 Å². The van der Waals surface area contributed by atoms with Crippen molar-refractivity contribution < 1.29 is 14.7 Å². The third kappa shape index (κ3) is 2.86. The van der Waals surface area contributed by atoms with Gasteiger partial charge >= 0.3 is 12.0 Å². The number of aryl methyl sites for hydroxylation is 2. The van der Waals surface area contributed by atoms with E-state index in [0.717, 1.165) is 10.6 Å². The summed E-state index contributed by atoms with van der Waals surface area (Å²) in [6, 6.07) is -0.274. The summed E-state index contributed by atoms with van der Waals surface area (Å²) in [6.07, 6.45) is 0. The van der Waals surface area contributed by atoms with E-state index < -0.39 is 11.9 Å². The molecule has 1 aliphatic rings. The zero-order valence-electron chi connectivity index (χ0n) is 11.1. The molecule has 2 N–H and O–H groups in total. The van der Waals surface area contributed by atoms with Gasteiger partial charge in [0.15, 0.2) is 5.13 Å². The fourth-order valence-corrected chi connectivity index (χ4v) is 2.96. The Morgan fingerprint density at radius 1 is 1.42 bits per heavy atom. The van der Waals surface area contributed by atoms with Crippen LogP contribution in [0.3, 0.4) is 0 Å². The monoisotopic (exact) mass is 283 g/mol. The van der Waals surface area contributed by atoms with E-state index in [1.165, 1.54) is 16.2 Å². The number of carboxylic acids is 1. The molecule has 1 saturated heterocycles. The number of urea groups is 1. The smallest absolute Gasteiger partial charge is 0.323 e. The molecular formula is C12H17N3O3S. The number of carbonyl (C=O) groups is 2. The summed E-state index contributed by atoms with van der Waals surface area (Å²) in [7, 11) is 0. The van der Waals surface area contributed by atoms with Crippen molar-refractivity contribution in [2.45, 2.75) is 20.8 Å². The number of hydrogen-bond acceptors (Lipinski definition) is 4. The molecule has 2 atom stereocenters. The maximum atomic E-state index is 12.0. The molecule has 6 nitrogen and oxygen atoms in total. The number of carboxylic acid groups (broad SMARTS) is 1. The summed E-state index contributed by atoms with van der Waals surface area (Å²) in [5.41, 5.74) is 0.901. The maximum absolute atomic E-state index is 12.0. The lowest BCUT2D eigenvalue weighted by molar-refractivity contribution is -0.142. The molecule has 2 rings (SSSR count). The van der Waals surface area contributed by atoms with Crippen LogP contribution < -0.4 is 5.32 Å².